The van der Waals surface area contributed by atoms with E-state index in [1.165, 1.54) is 0 Å². The Morgan fingerprint density at radius 2 is 2.33 bits per heavy atom. The largest absolute Gasteiger partial charge is 0.353 e. The van der Waals surface area contributed by atoms with E-state index in [9.17, 15) is 0 Å². The predicted octanol–water partition coefficient (Wildman–Crippen LogP) is 2.02. The Hall–Kier alpha value is -0.580. The number of aryl methyl sites for hydroxylation is 1. The van der Waals surface area contributed by atoms with E-state index < -0.39 is 0 Å². The molecule has 0 fully saturated rings. The van der Waals surface area contributed by atoms with Gasteiger partial charge >= 0.3 is 0 Å². The van der Waals surface area contributed by atoms with Crippen LogP contribution in [0.15, 0.2) is 12.5 Å². The summed E-state index contributed by atoms with van der Waals surface area (Å²) in [5.74, 6) is 0.574. The molecule has 0 aromatic carbocycles. The van der Waals surface area contributed by atoms with Crippen LogP contribution in [0.25, 0.3) is 0 Å². The molecular formula is C10H17ClN2O2. The van der Waals surface area contributed by atoms with Gasteiger partial charge in [0.25, 0.3) is 0 Å². The number of hydrogen-bond donors (Lipinski definition) is 0. The van der Waals surface area contributed by atoms with E-state index >= 15 is 0 Å². The van der Waals surface area contributed by atoms with Crippen LogP contribution in [0.1, 0.15) is 19.5 Å². The minimum absolute atomic E-state index is 0.186. The maximum atomic E-state index is 5.66. The number of nitrogens with zero attached hydrogens (tertiary/aromatic N) is 2. The van der Waals surface area contributed by atoms with Gasteiger partial charge in [0.2, 0.25) is 0 Å². The van der Waals surface area contributed by atoms with E-state index in [-0.39, 0.29) is 6.29 Å². The van der Waals surface area contributed by atoms with Gasteiger partial charge < -0.3 is 14.0 Å². The highest BCUT2D eigenvalue weighted by molar-refractivity contribution is 6.17. The number of alkyl halides is 1. The van der Waals surface area contributed by atoms with Crippen molar-refractivity contribution in [2.45, 2.75) is 33.3 Å². The highest BCUT2D eigenvalue weighted by Crippen LogP contribution is 2.05. The van der Waals surface area contributed by atoms with Crippen LogP contribution in [0.4, 0.5) is 0 Å². The fourth-order valence-corrected chi connectivity index (χ4v) is 1.43. The molecule has 0 bridgehead atoms. The van der Waals surface area contributed by atoms with Gasteiger partial charge in [-0.3, -0.25) is 0 Å². The first-order valence-electron chi connectivity index (χ1n) is 5.06. The summed E-state index contributed by atoms with van der Waals surface area (Å²) in [6, 6.07) is 0. The molecule has 0 N–H and O–H groups in total. The molecule has 5 heteroatoms. The van der Waals surface area contributed by atoms with E-state index in [0.29, 0.717) is 19.1 Å². The molecule has 1 heterocycles. The fourth-order valence-electron chi connectivity index (χ4n) is 1.25. The minimum atomic E-state index is -0.186. The van der Waals surface area contributed by atoms with Crippen LogP contribution in [-0.4, -0.2) is 28.3 Å². The highest BCUT2D eigenvalue weighted by Gasteiger charge is 2.05. The first-order chi connectivity index (χ1) is 7.27. The lowest BCUT2D eigenvalue weighted by Crippen LogP contribution is -2.14. The number of aromatic nitrogens is 2. The van der Waals surface area contributed by atoms with E-state index in [1.807, 2.05) is 18.4 Å². The van der Waals surface area contributed by atoms with Gasteiger partial charge in [-0.05, 0) is 13.8 Å². The smallest absolute Gasteiger partial charge is 0.155 e. The molecule has 0 aliphatic rings. The van der Waals surface area contributed by atoms with Gasteiger partial charge in [-0.1, -0.05) is 0 Å². The second-order valence-electron chi connectivity index (χ2n) is 3.10. The highest BCUT2D eigenvalue weighted by atomic mass is 35.5. The number of hydrogen-bond acceptors (Lipinski definition) is 3. The molecule has 4 nitrogen and oxygen atoms in total. The van der Waals surface area contributed by atoms with Gasteiger partial charge in [-0.15, -0.1) is 11.6 Å². The monoisotopic (exact) mass is 232 g/mol. The number of imidazole rings is 1. The predicted molar refractivity (Wildman–Crippen MR) is 58.8 cm³/mol. The van der Waals surface area contributed by atoms with Crippen molar-refractivity contribution >= 4 is 11.6 Å². The van der Waals surface area contributed by atoms with Crippen LogP contribution in [-0.2, 0) is 22.6 Å². The molecule has 1 atom stereocenters. The maximum absolute atomic E-state index is 5.66. The summed E-state index contributed by atoms with van der Waals surface area (Å²) in [6.45, 7) is 5.73. The van der Waals surface area contributed by atoms with E-state index in [2.05, 4.69) is 4.98 Å². The van der Waals surface area contributed by atoms with Gasteiger partial charge in [-0.2, -0.15) is 0 Å². The summed E-state index contributed by atoms with van der Waals surface area (Å²) in [5, 5.41) is 0. The van der Waals surface area contributed by atoms with Crippen LogP contribution in [0, 0.1) is 0 Å². The standard InChI is InChI=1S/C10H17ClN2O2/c1-3-14-9(2)15-7-10-6-12-8-13(10)5-4-11/h6,8-9H,3-5,7H2,1-2H3. The van der Waals surface area contributed by atoms with Crippen LogP contribution >= 0.6 is 11.6 Å². The summed E-state index contributed by atoms with van der Waals surface area (Å²) in [4.78, 5) is 4.05. The number of ether oxygens (including phenoxy) is 2. The van der Waals surface area contributed by atoms with Gasteiger partial charge in [0.05, 0.1) is 24.8 Å². The Morgan fingerprint density at radius 1 is 1.53 bits per heavy atom. The minimum Gasteiger partial charge on any atom is -0.353 e. The summed E-state index contributed by atoms with van der Waals surface area (Å²) in [6.07, 6.45) is 3.35. The van der Waals surface area contributed by atoms with Crippen LogP contribution < -0.4 is 0 Å². The summed E-state index contributed by atoms with van der Waals surface area (Å²) in [7, 11) is 0. The van der Waals surface area contributed by atoms with Crippen molar-refractivity contribution in [1.82, 2.24) is 9.55 Å². The molecule has 0 aliphatic carbocycles. The van der Waals surface area contributed by atoms with Crippen molar-refractivity contribution in [2.24, 2.45) is 0 Å². The molecule has 1 aromatic heterocycles. The lowest BCUT2D eigenvalue weighted by molar-refractivity contribution is -0.135. The number of rotatable bonds is 7. The normalized spacial score (nSPS) is 13.0. The second kappa shape index (κ2) is 6.82. The van der Waals surface area contributed by atoms with E-state index in [1.54, 1.807) is 12.5 Å². The lowest BCUT2D eigenvalue weighted by Gasteiger charge is -2.13. The zero-order valence-corrected chi connectivity index (χ0v) is 9.91. The van der Waals surface area contributed by atoms with Gasteiger partial charge in [0, 0.05) is 19.0 Å². The molecule has 1 rings (SSSR count). The van der Waals surface area contributed by atoms with Crippen LogP contribution in [0.2, 0.25) is 0 Å². The summed E-state index contributed by atoms with van der Waals surface area (Å²) in [5.41, 5.74) is 1.02. The van der Waals surface area contributed by atoms with Gasteiger partial charge in [0.1, 0.15) is 0 Å². The van der Waals surface area contributed by atoms with Crippen molar-refractivity contribution in [3.05, 3.63) is 18.2 Å². The van der Waals surface area contributed by atoms with Crippen molar-refractivity contribution in [3.8, 4) is 0 Å². The Bertz CT molecular complexity index is 278. The second-order valence-corrected chi connectivity index (χ2v) is 3.48. The molecule has 0 spiro atoms. The van der Waals surface area contributed by atoms with Crippen LogP contribution in [0.3, 0.4) is 0 Å². The molecule has 1 unspecified atom stereocenters. The van der Waals surface area contributed by atoms with Gasteiger partial charge in [0.15, 0.2) is 6.29 Å². The third kappa shape index (κ3) is 4.20. The van der Waals surface area contributed by atoms with Crippen molar-refractivity contribution in [1.29, 1.82) is 0 Å². The lowest BCUT2D eigenvalue weighted by atomic mass is 10.5. The molecule has 0 saturated heterocycles. The van der Waals surface area contributed by atoms with Crippen molar-refractivity contribution in [2.75, 3.05) is 12.5 Å². The first kappa shape index (κ1) is 12.5. The average Bonchev–Trinajstić information content (AvgIpc) is 2.64. The molecule has 0 radical (unpaired) electrons. The summed E-state index contributed by atoms with van der Waals surface area (Å²) < 4.78 is 12.7. The number of halogens is 1. The topological polar surface area (TPSA) is 36.3 Å². The van der Waals surface area contributed by atoms with Gasteiger partial charge in [-0.25, -0.2) is 4.98 Å². The molecule has 0 amide bonds. The molecule has 0 aliphatic heterocycles. The molecule has 1 aromatic rings. The van der Waals surface area contributed by atoms with Crippen LogP contribution in [0.5, 0.6) is 0 Å². The average molecular weight is 233 g/mol. The maximum Gasteiger partial charge on any atom is 0.155 e. The van der Waals surface area contributed by atoms with Crippen molar-refractivity contribution < 1.29 is 9.47 Å². The quantitative estimate of drug-likeness (QED) is 0.533. The third-order valence-corrected chi connectivity index (χ3v) is 2.16. The molecular weight excluding hydrogens is 216 g/mol. The molecule has 86 valence electrons. The SMILES string of the molecule is CCOC(C)OCc1cncn1CCCl. The Labute approximate surface area is 95.2 Å². The Morgan fingerprint density at radius 3 is 3.00 bits per heavy atom. The summed E-state index contributed by atoms with van der Waals surface area (Å²) >= 11 is 5.66. The Balaban J connectivity index is 2.39. The van der Waals surface area contributed by atoms with E-state index in [0.717, 1.165) is 12.2 Å². The fraction of sp³-hybridized carbons (Fsp3) is 0.700. The van der Waals surface area contributed by atoms with E-state index in [4.69, 9.17) is 21.1 Å². The molecule has 0 saturated carbocycles. The first-order valence-corrected chi connectivity index (χ1v) is 5.59. The van der Waals surface area contributed by atoms with Crippen molar-refractivity contribution in [3.63, 3.8) is 0 Å². The Kier molecular flexibility index (Phi) is 5.68. The molecule has 15 heavy (non-hydrogen) atoms. The zero-order valence-electron chi connectivity index (χ0n) is 9.15. The third-order valence-electron chi connectivity index (χ3n) is 1.99. The zero-order chi connectivity index (χ0) is 11.1.